The molecule has 0 aliphatic heterocycles. The number of para-hydroxylation sites is 1. The molecule has 1 atom stereocenters. The number of carbonyl (C=O) groups excluding carboxylic acids is 1. The Labute approximate surface area is 159 Å². The first-order valence-corrected chi connectivity index (χ1v) is 9.28. The highest BCUT2D eigenvalue weighted by Gasteiger charge is 2.24. The topological polar surface area (TPSA) is 71.8 Å². The predicted octanol–water partition coefficient (Wildman–Crippen LogP) is 5.03. The Morgan fingerprint density at radius 2 is 1.89 bits per heavy atom. The van der Waals surface area contributed by atoms with Gasteiger partial charge in [-0.15, -0.1) is 10.2 Å². The Balaban J connectivity index is 1.55. The molecule has 0 amide bonds. The van der Waals surface area contributed by atoms with Gasteiger partial charge in [-0.3, -0.25) is 4.79 Å². The van der Waals surface area contributed by atoms with Crippen LogP contribution in [0.2, 0.25) is 0 Å². The molecule has 0 saturated carbocycles. The van der Waals surface area contributed by atoms with E-state index in [2.05, 4.69) is 15.2 Å². The first-order chi connectivity index (χ1) is 13.0. The minimum Gasteiger partial charge on any atom is -0.411 e. The number of Topliss-reactive ketones (excluding diaryl/α,β-unsaturated/α-hetero) is 1. The number of halogens is 1. The zero-order valence-electron chi connectivity index (χ0n) is 14.7. The molecule has 0 aliphatic carbocycles. The number of nitrogens with zero attached hydrogens (tertiary/aromatic N) is 2. The van der Waals surface area contributed by atoms with Gasteiger partial charge in [0.25, 0.3) is 5.22 Å². The Hall–Kier alpha value is -2.93. The largest absolute Gasteiger partial charge is 0.411 e. The van der Waals surface area contributed by atoms with E-state index in [1.165, 1.54) is 23.9 Å². The molecule has 2 aromatic heterocycles. The van der Waals surface area contributed by atoms with Crippen molar-refractivity contribution in [2.75, 3.05) is 0 Å². The highest BCUT2D eigenvalue weighted by atomic mass is 32.2. The minimum absolute atomic E-state index is 0.00326. The molecule has 7 heteroatoms. The Kier molecular flexibility index (Phi) is 4.53. The Morgan fingerprint density at radius 3 is 2.67 bits per heavy atom. The van der Waals surface area contributed by atoms with Crippen molar-refractivity contribution in [2.24, 2.45) is 0 Å². The number of nitrogens with one attached hydrogen (secondary N) is 1. The van der Waals surface area contributed by atoms with Crippen LogP contribution in [0, 0.1) is 12.7 Å². The third-order valence-corrected chi connectivity index (χ3v) is 5.22. The van der Waals surface area contributed by atoms with Gasteiger partial charge in [0.15, 0.2) is 5.78 Å². The van der Waals surface area contributed by atoms with Gasteiger partial charge in [-0.25, -0.2) is 4.39 Å². The number of H-pyrrole nitrogens is 1. The number of fused-ring (bicyclic) bond motifs is 1. The summed E-state index contributed by atoms with van der Waals surface area (Å²) in [5, 5.41) is 8.78. The van der Waals surface area contributed by atoms with E-state index in [-0.39, 0.29) is 11.6 Å². The molecule has 0 unspecified atom stereocenters. The summed E-state index contributed by atoms with van der Waals surface area (Å²) >= 11 is 1.21. The maximum Gasteiger partial charge on any atom is 0.277 e. The van der Waals surface area contributed by atoms with Gasteiger partial charge >= 0.3 is 0 Å². The van der Waals surface area contributed by atoms with Crippen molar-refractivity contribution in [1.29, 1.82) is 0 Å². The van der Waals surface area contributed by atoms with E-state index < -0.39 is 5.25 Å². The van der Waals surface area contributed by atoms with Crippen molar-refractivity contribution in [3.8, 4) is 11.5 Å². The smallest absolute Gasteiger partial charge is 0.277 e. The minimum atomic E-state index is -0.399. The van der Waals surface area contributed by atoms with Crippen LogP contribution in [0.3, 0.4) is 0 Å². The lowest BCUT2D eigenvalue weighted by Gasteiger charge is -2.07. The molecule has 0 aliphatic rings. The number of thioether (sulfide) groups is 1. The molecule has 0 fully saturated rings. The summed E-state index contributed by atoms with van der Waals surface area (Å²) in [5.74, 6) is -0.0434. The van der Waals surface area contributed by atoms with Crippen LogP contribution in [-0.2, 0) is 0 Å². The average molecular weight is 381 g/mol. The normalized spacial score (nSPS) is 12.4. The second-order valence-corrected chi connectivity index (χ2v) is 7.47. The summed E-state index contributed by atoms with van der Waals surface area (Å²) in [6.07, 6.45) is 0. The average Bonchev–Trinajstić information content (AvgIpc) is 3.25. The monoisotopic (exact) mass is 381 g/mol. The fraction of sp³-hybridized carbons (Fsp3) is 0.150. The molecule has 27 heavy (non-hydrogen) atoms. The number of hydrogen-bond acceptors (Lipinski definition) is 5. The lowest BCUT2D eigenvalue weighted by Crippen LogP contribution is -2.14. The summed E-state index contributed by atoms with van der Waals surface area (Å²) in [5.41, 5.74) is 3.09. The molecule has 136 valence electrons. The van der Waals surface area contributed by atoms with Crippen molar-refractivity contribution in [3.63, 3.8) is 0 Å². The molecule has 0 saturated heterocycles. The summed E-state index contributed by atoms with van der Waals surface area (Å²) < 4.78 is 18.7. The van der Waals surface area contributed by atoms with Gasteiger partial charge in [-0.2, -0.15) is 0 Å². The second kappa shape index (κ2) is 7.00. The van der Waals surface area contributed by atoms with E-state index in [0.29, 0.717) is 22.2 Å². The lowest BCUT2D eigenvalue weighted by molar-refractivity contribution is 0.0994. The molecule has 0 bridgehead atoms. The zero-order chi connectivity index (χ0) is 19.0. The van der Waals surface area contributed by atoms with Gasteiger partial charge in [0.05, 0.1) is 5.25 Å². The van der Waals surface area contributed by atoms with Gasteiger partial charge < -0.3 is 9.40 Å². The van der Waals surface area contributed by atoms with Crippen LogP contribution in [0.15, 0.2) is 58.2 Å². The first-order valence-electron chi connectivity index (χ1n) is 8.40. The van der Waals surface area contributed by atoms with Crippen molar-refractivity contribution in [2.45, 2.75) is 24.3 Å². The van der Waals surface area contributed by atoms with E-state index in [1.54, 1.807) is 12.1 Å². The quantitative estimate of drug-likeness (QED) is 0.388. The standard InChI is InChI=1S/C20H16FN3O2S/c1-11-17(15-5-3-4-6-16(15)22-11)18(25)12(2)27-20-24-23-19(26-20)13-7-9-14(21)10-8-13/h3-10,12,22H,1-2H3/t12-/m0/s1. The van der Waals surface area contributed by atoms with Gasteiger partial charge in [-0.05, 0) is 44.2 Å². The number of aromatic amines is 1. The summed E-state index contributed by atoms with van der Waals surface area (Å²) in [7, 11) is 0. The van der Waals surface area contributed by atoms with Crippen LogP contribution in [-0.4, -0.2) is 26.2 Å². The number of carbonyl (C=O) groups is 1. The maximum absolute atomic E-state index is 13.0. The zero-order valence-corrected chi connectivity index (χ0v) is 15.5. The van der Waals surface area contributed by atoms with Crippen molar-refractivity contribution >= 4 is 28.4 Å². The maximum atomic E-state index is 13.0. The lowest BCUT2D eigenvalue weighted by atomic mass is 10.1. The first kappa shape index (κ1) is 17.5. The van der Waals surface area contributed by atoms with Crippen molar-refractivity contribution in [1.82, 2.24) is 15.2 Å². The van der Waals surface area contributed by atoms with Crippen LogP contribution in [0.25, 0.3) is 22.4 Å². The fourth-order valence-corrected chi connectivity index (χ4v) is 3.71. The molecule has 4 rings (SSSR count). The molecule has 0 spiro atoms. The van der Waals surface area contributed by atoms with Crippen LogP contribution in [0.4, 0.5) is 4.39 Å². The van der Waals surface area contributed by atoms with Crippen molar-refractivity contribution < 1.29 is 13.6 Å². The summed E-state index contributed by atoms with van der Waals surface area (Å²) in [6, 6.07) is 13.5. The van der Waals surface area contributed by atoms with E-state index >= 15 is 0 Å². The number of aryl methyl sites for hydroxylation is 1. The van der Waals surface area contributed by atoms with E-state index in [9.17, 15) is 9.18 Å². The molecule has 0 radical (unpaired) electrons. The van der Waals surface area contributed by atoms with Gasteiger partial charge in [0, 0.05) is 27.7 Å². The number of ketones is 1. The SMILES string of the molecule is Cc1[nH]c2ccccc2c1C(=O)[C@H](C)Sc1nnc(-c2ccc(F)cc2)o1. The molecule has 1 N–H and O–H groups in total. The third kappa shape index (κ3) is 3.38. The second-order valence-electron chi connectivity index (χ2n) is 6.17. The molecular formula is C20H16FN3O2S. The number of hydrogen-bond donors (Lipinski definition) is 1. The number of benzene rings is 2. The van der Waals surface area contributed by atoms with Crippen LogP contribution in [0.1, 0.15) is 23.0 Å². The van der Waals surface area contributed by atoms with Crippen LogP contribution >= 0.6 is 11.8 Å². The fourth-order valence-electron chi connectivity index (χ4n) is 2.97. The van der Waals surface area contributed by atoms with E-state index in [4.69, 9.17) is 4.42 Å². The molecule has 2 aromatic carbocycles. The van der Waals surface area contributed by atoms with Gasteiger partial charge in [-0.1, -0.05) is 30.0 Å². The molecular weight excluding hydrogens is 365 g/mol. The van der Waals surface area contributed by atoms with Gasteiger partial charge in [0.1, 0.15) is 5.82 Å². The molecule has 4 aromatic rings. The van der Waals surface area contributed by atoms with Crippen LogP contribution < -0.4 is 0 Å². The number of aromatic nitrogens is 3. The summed E-state index contributed by atoms with van der Waals surface area (Å²) in [6.45, 7) is 3.71. The molecule has 2 heterocycles. The van der Waals surface area contributed by atoms with E-state index in [0.717, 1.165) is 16.6 Å². The predicted molar refractivity (Wildman–Crippen MR) is 102 cm³/mol. The highest BCUT2D eigenvalue weighted by molar-refractivity contribution is 8.00. The van der Waals surface area contributed by atoms with Crippen molar-refractivity contribution in [3.05, 3.63) is 65.6 Å². The number of rotatable bonds is 5. The highest BCUT2D eigenvalue weighted by Crippen LogP contribution is 2.30. The van der Waals surface area contributed by atoms with E-state index in [1.807, 2.05) is 38.1 Å². The third-order valence-electron chi connectivity index (χ3n) is 4.28. The Morgan fingerprint density at radius 1 is 1.15 bits per heavy atom. The Bertz CT molecular complexity index is 1120. The summed E-state index contributed by atoms with van der Waals surface area (Å²) in [4.78, 5) is 16.2. The molecule has 5 nitrogen and oxygen atoms in total. The van der Waals surface area contributed by atoms with Gasteiger partial charge in [0.2, 0.25) is 5.89 Å². The van der Waals surface area contributed by atoms with Crippen LogP contribution in [0.5, 0.6) is 0 Å².